The van der Waals surface area contributed by atoms with Crippen LogP contribution in [0.2, 0.25) is 0 Å². The van der Waals surface area contributed by atoms with Gasteiger partial charge >= 0.3 is 0 Å². The van der Waals surface area contributed by atoms with Crippen molar-refractivity contribution < 1.29 is 9.47 Å². The van der Waals surface area contributed by atoms with E-state index >= 15 is 0 Å². The lowest BCUT2D eigenvalue weighted by Crippen LogP contribution is -2.46. The van der Waals surface area contributed by atoms with Crippen LogP contribution >= 0.6 is 0 Å². The molecule has 0 spiro atoms. The third kappa shape index (κ3) is 3.69. The number of ether oxygens (including phenoxy) is 2. The molecule has 1 saturated heterocycles. The van der Waals surface area contributed by atoms with Crippen molar-refractivity contribution in [2.24, 2.45) is 11.8 Å². The summed E-state index contributed by atoms with van der Waals surface area (Å²) in [6.07, 6.45) is 6.61. The van der Waals surface area contributed by atoms with E-state index in [1.807, 2.05) is 6.07 Å². The zero-order valence-electron chi connectivity index (χ0n) is 21.8. The van der Waals surface area contributed by atoms with Crippen molar-refractivity contribution in [3.63, 3.8) is 0 Å². The van der Waals surface area contributed by atoms with Gasteiger partial charge < -0.3 is 24.8 Å². The number of piperidine rings is 1. The highest BCUT2D eigenvalue weighted by molar-refractivity contribution is 5.87. The lowest BCUT2D eigenvalue weighted by atomic mass is 9.75. The van der Waals surface area contributed by atoms with E-state index in [0.29, 0.717) is 23.9 Å². The number of fused-ring (bicyclic) bond motifs is 8. The largest absolute Gasteiger partial charge is 0.497 e. The molecule has 3 aliphatic rings. The second kappa shape index (κ2) is 8.96. The first-order valence-electron chi connectivity index (χ1n) is 13.6. The van der Waals surface area contributed by atoms with E-state index in [0.717, 1.165) is 56.8 Å². The first kappa shape index (κ1) is 22.9. The fourth-order valence-electron chi connectivity index (χ4n) is 7.35. The van der Waals surface area contributed by atoms with Crippen LogP contribution < -0.4 is 14.8 Å². The Kier molecular flexibility index (Phi) is 5.56. The van der Waals surface area contributed by atoms with E-state index in [1.54, 1.807) is 14.2 Å². The number of nitrogens with zero attached hydrogens (tertiary/aromatic N) is 1. The molecule has 192 valence electrons. The van der Waals surface area contributed by atoms with Crippen molar-refractivity contribution in [3.8, 4) is 11.5 Å². The molecule has 7 rings (SSSR count). The number of hydrogen-bond donors (Lipinski definition) is 3. The van der Waals surface area contributed by atoms with Crippen LogP contribution in [0, 0.1) is 11.8 Å². The van der Waals surface area contributed by atoms with Crippen molar-refractivity contribution in [2.75, 3.05) is 33.9 Å². The summed E-state index contributed by atoms with van der Waals surface area (Å²) in [4.78, 5) is 10.3. The van der Waals surface area contributed by atoms with Gasteiger partial charge in [0.25, 0.3) is 0 Å². The molecule has 4 aromatic rings. The zero-order chi connectivity index (χ0) is 25.1. The highest BCUT2D eigenvalue weighted by Gasteiger charge is 2.40. The molecule has 0 unspecified atom stereocenters. The summed E-state index contributed by atoms with van der Waals surface area (Å²) in [6.45, 7) is 7.47. The van der Waals surface area contributed by atoms with E-state index < -0.39 is 0 Å². The fraction of sp³-hybridized carbons (Fsp3) is 0.419. The van der Waals surface area contributed by atoms with Gasteiger partial charge in [-0.3, -0.25) is 4.90 Å². The molecule has 3 aliphatic heterocycles. The number of rotatable bonds is 5. The molecule has 2 aromatic carbocycles. The van der Waals surface area contributed by atoms with Crippen molar-refractivity contribution in [3.05, 3.63) is 71.6 Å². The Morgan fingerprint density at radius 3 is 2.30 bits per heavy atom. The van der Waals surface area contributed by atoms with Gasteiger partial charge in [-0.1, -0.05) is 6.08 Å². The predicted molar refractivity (Wildman–Crippen MR) is 149 cm³/mol. The van der Waals surface area contributed by atoms with E-state index in [1.165, 1.54) is 44.3 Å². The van der Waals surface area contributed by atoms with Gasteiger partial charge in [-0.25, -0.2) is 0 Å². The number of aromatic nitrogens is 2. The summed E-state index contributed by atoms with van der Waals surface area (Å²) >= 11 is 0. The molecule has 0 saturated carbocycles. The van der Waals surface area contributed by atoms with E-state index in [-0.39, 0.29) is 0 Å². The molecular weight excluding hydrogens is 460 g/mol. The second-order valence-electron chi connectivity index (χ2n) is 11.0. The second-order valence-corrected chi connectivity index (χ2v) is 11.0. The maximum absolute atomic E-state index is 5.53. The molecule has 3 N–H and O–H groups in total. The topological polar surface area (TPSA) is 65.3 Å². The van der Waals surface area contributed by atoms with Crippen molar-refractivity contribution in [1.29, 1.82) is 0 Å². The van der Waals surface area contributed by atoms with Crippen LogP contribution in [0.5, 0.6) is 11.5 Å². The number of nitrogens with one attached hydrogen (secondary N) is 3. The lowest BCUT2D eigenvalue weighted by Gasteiger charge is -2.46. The van der Waals surface area contributed by atoms with Crippen LogP contribution in [-0.4, -0.2) is 48.7 Å². The first-order valence-corrected chi connectivity index (χ1v) is 13.6. The van der Waals surface area contributed by atoms with Crippen molar-refractivity contribution >= 4 is 21.8 Å². The maximum Gasteiger partial charge on any atom is 0.119 e. The average molecular weight is 497 g/mol. The molecule has 5 heterocycles. The Bertz CT molecular complexity index is 1480. The number of benzene rings is 2. The highest BCUT2D eigenvalue weighted by atomic mass is 16.5. The van der Waals surface area contributed by atoms with Gasteiger partial charge in [-0.05, 0) is 91.6 Å². The summed E-state index contributed by atoms with van der Waals surface area (Å²) in [5.41, 5.74) is 8.14. The van der Waals surface area contributed by atoms with Gasteiger partial charge in [-0.2, -0.15) is 0 Å². The molecule has 37 heavy (non-hydrogen) atoms. The summed E-state index contributed by atoms with van der Waals surface area (Å²) in [5.74, 6) is 2.92. The normalized spacial score (nSPS) is 25.5. The van der Waals surface area contributed by atoms with Crippen LogP contribution in [-0.2, 0) is 12.8 Å². The quantitative estimate of drug-likeness (QED) is 0.312. The molecule has 0 radical (unpaired) electrons. The summed E-state index contributed by atoms with van der Waals surface area (Å²) < 4.78 is 11.0. The summed E-state index contributed by atoms with van der Waals surface area (Å²) in [6, 6.07) is 13.6. The number of hydrogen-bond acceptors (Lipinski definition) is 4. The number of methoxy groups -OCH3 is 2. The Balaban J connectivity index is 1.20. The Labute approximate surface area is 218 Å². The molecule has 6 nitrogen and oxygen atoms in total. The average Bonchev–Trinajstić information content (AvgIpc) is 3.51. The van der Waals surface area contributed by atoms with Crippen LogP contribution in [0.1, 0.15) is 47.4 Å². The first-order chi connectivity index (χ1) is 18.2. The minimum absolute atomic E-state index is 0.330. The third-order valence-corrected chi connectivity index (χ3v) is 9.25. The zero-order valence-corrected chi connectivity index (χ0v) is 21.8. The molecule has 0 bridgehead atoms. The fourth-order valence-corrected chi connectivity index (χ4v) is 7.35. The maximum atomic E-state index is 5.53. The van der Waals surface area contributed by atoms with Gasteiger partial charge in [0, 0.05) is 52.3 Å². The summed E-state index contributed by atoms with van der Waals surface area (Å²) in [7, 11) is 3.49. The molecule has 1 fully saturated rings. The molecular formula is C31H36N4O2. The third-order valence-electron chi connectivity index (χ3n) is 9.25. The highest BCUT2D eigenvalue weighted by Crippen LogP contribution is 2.46. The minimum Gasteiger partial charge on any atom is -0.497 e. The lowest BCUT2D eigenvalue weighted by molar-refractivity contribution is 0.0623. The SMILES string of the molecule is C=C[C@H]1CN2CCc3c([nH]c4ccc(OC)cc34)[C@@H]2C[C@@H]1C[C@H]1NCCc2c1[nH]c1ccc(OC)cc21. The van der Waals surface area contributed by atoms with Gasteiger partial charge in [0.05, 0.1) is 20.3 Å². The van der Waals surface area contributed by atoms with E-state index in [9.17, 15) is 0 Å². The minimum atomic E-state index is 0.330. The molecule has 6 heteroatoms. The van der Waals surface area contributed by atoms with Crippen molar-refractivity contribution in [1.82, 2.24) is 20.2 Å². The van der Waals surface area contributed by atoms with Crippen LogP contribution in [0.25, 0.3) is 21.8 Å². The van der Waals surface area contributed by atoms with E-state index in [4.69, 9.17) is 9.47 Å². The molecule has 0 aliphatic carbocycles. The summed E-state index contributed by atoms with van der Waals surface area (Å²) in [5, 5.41) is 6.48. The predicted octanol–water partition coefficient (Wildman–Crippen LogP) is 5.66. The Morgan fingerprint density at radius 1 is 0.946 bits per heavy atom. The monoisotopic (exact) mass is 496 g/mol. The van der Waals surface area contributed by atoms with Gasteiger partial charge in [0.15, 0.2) is 0 Å². The standard InChI is InChI=1S/C31H36N4O2/c1-4-18-17-35-12-10-23-25-16-21(37-3)6-8-27(25)34-31(23)29(35)14-19(18)13-28-30-22(9-11-32-28)24-15-20(36-2)5-7-26(24)33-30/h4-8,15-16,18-19,28-29,32-34H,1,9-14,17H2,2-3H3/t18-,19-,28+,29-/m0/s1. The number of H-pyrrole nitrogens is 2. The van der Waals surface area contributed by atoms with Gasteiger partial charge in [0.1, 0.15) is 11.5 Å². The Morgan fingerprint density at radius 2 is 1.62 bits per heavy atom. The smallest absolute Gasteiger partial charge is 0.119 e. The molecule has 0 amide bonds. The van der Waals surface area contributed by atoms with Crippen LogP contribution in [0.3, 0.4) is 0 Å². The van der Waals surface area contributed by atoms with E-state index in [2.05, 4.69) is 63.2 Å². The van der Waals surface area contributed by atoms with Gasteiger partial charge in [0.2, 0.25) is 0 Å². The molecule has 2 aromatic heterocycles. The van der Waals surface area contributed by atoms with Crippen molar-refractivity contribution in [2.45, 2.75) is 37.8 Å². The van der Waals surface area contributed by atoms with Gasteiger partial charge in [-0.15, -0.1) is 6.58 Å². The number of aromatic amines is 2. The Hall–Kier alpha value is -3.22. The van der Waals surface area contributed by atoms with Crippen LogP contribution in [0.4, 0.5) is 0 Å². The molecule has 4 atom stereocenters. The van der Waals surface area contributed by atoms with Crippen LogP contribution in [0.15, 0.2) is 49.1 Å².